The van der Waals surface area contributed by atoms with Gasteiger partial charge in [0.25, 0.3) is 0 Å². The third-order valence-electron chi connectivity index (χ3n) is 4.74. The maximum absolute atomic E-state index is 5.96. The molecule has 5 rings (SSSR count). The van der Waals surface area contributed by atoms with Crippen molar-refractivity contribution in [2.24, 2.45) is 0 Å². The lowest BCUT2D eigenvalue weighted by Gasteiger charge is -2.11. The molecule has 0 spiro atoms. The molecule has 0 aliphatic heterocycles. The largest absolute Gasteiger partial charge is 0.487 e. The summed E-state index contributed by atoms with van der Waals surface area (Å²) >= 11 is 0. The van der Waals surface area contributed by atoms with Gasteiger partial charge in [-0.1, -0.05) is 18.1 Å². The number of benzene rings is 2. The first-order valence-corrected chi connectivity index (χ1v) is 9.80. The fraction of sp³-hybridized carbons (Fsp3) is 0.0417. The second-order valence-corrected chi connectivity index (χ2v) is 6.91. The zero-order valence-corrected chi connectivity index (χ0v) is 16.9. The van der Waals surface area contributed by atoms with E-state index in [2.05, 4.69) is 36.3 Å². The Morgan fingerprint density at radius 2 is 2.03 bits per heavy atom. The summed E-state index contributed by atoms with van der Waals surface area (Å²) in [6.07, 6.45) is 14.0. The van der Waals surface area contributed by atoms with Gasteiger partial charge in [0.15, 0.2) is 0 Å². The lowest BCUT2D eigenvalue weighted by atomic mass is 10.1. The fourth-order valence-corrected chi connectivity index (χ4v) is 3.19. The number of hydrogen-bond donors (Lipinski definition) is 1. The van der Waals surface area contributed by atoms with Crippen molar-refractivity contribution in [2.75, 3.05) is 5.32 Å². The number of terminal acetylenes is 1. The normalized spacial score (nSPS) is 10.6. The molecule has 0 atom stereocenters. The van der Waals surface area contributed by atoms with Crippen LogP contribution in [0.25, 0.3) is 16.6 Å². The second kappa shape index (κ2) is 8.53. The average molecular weight is 419 g/mol. The van der Waals surface area contributed by atoms with Crippen LogP contribution in [0.4, 0.5) is 11.6 Å². The summed E-state index contributed by atoms with van der Waals surface area (Å²) in [5.74, 6) is 3.72. The molecule has 0 aliphatic rings. The Morgan fingerprint density at radius 1 is 1.06 bits per heavy atom. The molecule has 3 aromatic heterocycles. The first-order valence-electron chi connectivity index (χ1n) is 9.80. The Kier molecular flexibility index (Phi) is 5.12. The van der Waals surface area contributed by atoms with Crippen molar-refractivity contribution in [3.8, 4) is 23.8 Å². The molecule has 0 saturated heterocycles. The fourth-order valence-electron chi connectivity index (χ4n) is 3.19. The van der Waals surface area contributed by atoms with Gasteiger partial charge in [0.2, 0.25) is 5.95 Å². The summed E-state index contributed by atoms with van der Waals surface area (Å²) in [5.41, 5.74) is 4.01. The van der Waals surface area contributed by atoms with E-state index in [4.69, 9.17) is 11.2 Å². The van der Waals surface area contributed by atoms with Crippen LogP contribution >= 0.6 is 0 Å². The number of ether oxygens (including phenoxy) is 1. The molecule has 1 N–H and O–H groups in total. The molecule has 5 aromatic rings. The molecule has 2 aromatic carbocycles. The van der Waals surface area contributed by atoms with Crippen molar-refractivity contribution >= 4 is 22.5 Å². The minimum absolute atomic E-state index is 0.360. The third kappa shape index (κ3) is 4.08. The highest BCUT2D eigenvalue weighted by Gasteiger charge is 2.09. The molecule has 154 valence electrons. The van der Waals surface area contributed by atoms with Crippen molar-refractivity contribution < 1.29 is 4.74 Å². The molecule has 0 saturated carbocycles. The van der Waals surface area contributed by atoms with E-state index in [9.17, 15) is 0 Å². The molecule has 0 amide bonds. The van der Waals surface area contributed by atoms with Gasteiger partial charge in [-0.15, -0.1) is 6.42 Å². The number of pyridine rings is 1. The van der Waals surface area contributed by atoms with Crippen LogP contribution in [0.1, 0.15) is 11.1 Å². The van der Waals surface area contributed by atoms with Crippen molar-refractivity contribution in [1.29, 1.82) is 0 Å². The highest BCUT2D eigenvalue weighted by atomic mass is 16.5. The van der Waals surface area contributed by atoms with Gasteiger partial charge in [-0.05, 0) is 30.3 Å². The summed E-state index contributed by atoms with van der Waals surface area (Å²) < 4.78 is 7.64. The number of hydrogen-bond acceptors (Lipinski definition) is 7. The zero-order valence-electron chi connectivity index (χ0n) is 16.9. The van der Waals surface area contributed by atoms with Gasteiger partial charge >= 0.3 is 0 Å². The Hall–Kier alpha value is -4.77. The molecule has 0 aliphatic carbocycles. The number of fused-ring (bicyclic) bond motifs is 1. The molecule has 3 heterocycles. The van der Waals surface area contributed by atoms with Gasteiger partial charge in [-0.3, -0.25) is 4.98 Å². The van der Waals surface area contributed by atoms with Crippen LogP contribution in [-0.4, -0.2) is 29.7 Å². The van der Waals surface area contributed by atoms with Crippen LogP contribution in [0.5, 0.6) is 5.75 Å². The Morgan fingerprint density at radius 3 is 2.84 bits per heavy atom. The van der Waals surface area contributed by atoms with Crippen LogP contribution in [0.3, 0.4) is 0 Å². The summed E-state index contributed by atoms with van der Waals surface area (Å²) in [6, 6.07) is 15.2. The van der Waals surface area contributed by atoms with E-state index in [0.29, 0.717) is 23.9 Å². The van der Waals surface area contributed by atoms with Gasteiger partial charge in [-0.2, -0.15) is 5.10 Å². The molecular weight excluding hydrogens is 402 g/mol. The highest BCUT2D eigenvalue weighted by molar-refractivity contribution is 5.83. The van der Waals surface area contributed by atoms with E-state index in [0.717, 1.165) is 27.8 Å². The summed E-state index contributed by atoms with van der Waals surface area (Å²) in [6.45, 7) is 0.360. The summed E-state index contributed by atoms with van der Waals surface area (Å²) in [4.78, 5) is 17.1. The van der Waals surface area contributed by atoms with Crippen LogP contribution in [-0.2, 0) is 6.61 Å². The molecule has 8 heteroatoms. The Balaban J connectivity index is 1.42. The lowest BCUT2D eigenvalue weighted by molar-refractivity contribution is 0.305. The predicted octanol–water partition coefficient (Wildman–Crippen LogP) is 3.91. The van der Waals surface area contributed by atoms with E-state index in [1.165, 1.54) is 6.33 Å². The monoisotopic (exact) mass is 419 g/mol. The second-order valence-electron chi connectivity index (χ2n) is 6.91. The van der Waals surface area contributed by atoms with Gasteiger partial charge in [0.1, 0.15) is 25.0 Å². The number of nitrogens with one attached hydrogen (secondary N) is 1. The maximum atomic E-state index is 5.96. The van der Waals surface area contributed by atoms with E-state index >= 15 is 0 Å². The van der Waals surface area contributed by atoms with Crippen LogP contribution in [0.2, 0.25) is 0 Å². The molecule has 0 unspecified atom stereocenters. The first kappa shape index (κ1) is 19.2. The number of anilines is 2. The zero-order chi connectivity index (χ0) is 21.8. The topological polar surface area (TPSA) is 90.6 Å². The van der Waals surface area contributed by atoms with Crippen LogP contribution in [0, 0.1) is 12.3 Å². The molecule has 0 radical (unpaired) electrons. The highest BCUT2D eigenvalue weighted by Crippen LogP contribution is 2.26. The van der Waals surface area contributed by atoms with E-state index in [1.54, 1.807) is 29.6 Å². The van der Waals surface area contributed by atoms with Gasteiger partial charge < -0.3 is 10.1 Å². The Bertz CT molecular complexity index is 1410. The minimum atomic E-state index is 0.360. The summed E-state index contributed by atoms with van der Waals surface area (Å²) in [5, 5.41) is 8.21. The molecule has 8 nitrogen and oxygen atoms in total. The Labute approximate surface area is 184 Å². The van der Waals surface area contributed by atoms with Crippen molar-refractivity contribution in [3.05, 3.63) is 90.9 Å². The van der Waals surface area contributed by atoms with Crippen molar-refractivity contribution in [3.63, 3.8) is 0 Å². The number of aromatic nitrogens is 6. The van der Waals surface area contributed by atoms with Crippen LogP contribution < -0.4 is 10.1 Å². The summed E-state index contributed by atoms with van der Waals surface area (Å²) in [7, 11) is 0. The van der Waals surface area contributed by atoms with Crippen LogP contribution in [0.15, 0.2) is 79.8 Å². The van der Waals surface area contributed by atoms with Gasteiger partial charge in [0, 0.05) is 41.3 Å². The molecule has 0 bridgehead atoms. The molecular formula is C24H17N7O. The van der Waals surface area contributed by atoms with Crippen molar-refractivity contribution in [1.82, 2.24) is 29.7 Å². The predicted molar refractivity (Wildman–Crippen MR) is 121 cm³/mol. The average Bonchev–Trinajstić information content (AvgIpc) is 3.38. The molecule has 32 heavy (non-hydrogen) atoms. The third-order valence-corrected chi connectivity index (χ3v) is 4.74. The van der Waals surface area contributed by atoms with E-state index < -0.39 is 0 Å². The van der Waals surface area contributed by atoms with Crippen molar-refractivity contribution in [2.45, 2.75) is 6.61 Å². The van der Waals surface area contributed by atoms with E-state index in [1.807, 2.05) is 48.5 Å². The minimum Gasteiger partial charge on any atom is -0.487 e. The van der Waals surface area contributed by atoms with Gasteiger partial charge in [0.05, 0.1) is 16.8 Å². The number of rotatable bonds is 6. The van der Waals surface area contributed by atoms with E-state index in [-0.39, 0.29) is 0 Å². The molecule has 0 fully saturated rings. The smallest absolute Gasteiger partial charge is 0.227 e. The number of nitrogens with zero attached hydrogens (tertiary/aromatic N) is 6. The maximum Gasteiger partial charge on any atom is 0.227 e. The lowest BCUT2D eigenvalue weighted by Crippen LogP contribution is -2.01. The standard InChI is InChI=1S/C24H17N7O/c1-2-18-9-19-13-27-24(29-20-6-3-7-21(10-20)31-16-26-15-28-31)30-22(19)11-23(18)32-14-17-5-4-8-25-12-17/h1,3-13,15-16H,14H2,(H,27,29,30). The quantitative estimate of drug-likeness (QED) is 0.417. The SMILES string of the molecule is C#Cc1cc2cnc(Nc3cccc(-n4cncn4)c3)nc2cc1OCc1cccnc1. The first-order chi connectivity index (χ1) is 15.8. The van der Waals surface area contributed by atoms with Gasteiger partial charge in [-0.25, -0.2) is 19.6 Å².